The highest BCUT2D eigenvalue weighted by molar-refractivity contribution is 5.93. The summed E-state index contributed by atoms with van der Waals surface area (Å²) < 4.78 is 19.3. The molecule has 7 nitrogen and oxygen atoms in total. The zero-order valence-electron chi connectivity index (χ0n) is 15.3. The van der Waals surface area contributed by atoms with Crippen LogP contribution in [0.5, 0.6) is 5.75 Å². The van der Waals surface area contributed by atoms with Gasteiger partial charge in [0.1, 0.15) is 23.8 Å². The molecular weight excluding hydrogens is 367 g/mol. The van der Waals surface area contributed by atoms with E-state index < -0.39 is 24.0 Å². The van der Waals surface area contributed by atoms with Crippen LogP contribution in [0.25, 0.3) is 0 Å². The van der Waals surface area contributed by atoms with Crippen LogP contribution in [-0.2, 0) is 4.79 Å². The average Bonchev–Trinajstić information content (AvgIpc) is 2.98. The monoisotopic (exact) mass is 388 g/mol. The van der Waals surface area contributed by atoms with Crippen molar-refractivity contribution in [3.05, 3.63) is 59.4 Å². The molecule has 0 aromatic heterocycles. The molecule has 2 atom stereocenters. The van der Waals surface area contributed by atoms with Crippen LogP contribution < -0.4 is 10.1 Å². The van der Waals surface area contributed by atoms with E-state index in [2.05, 4.69) is 5.32 Å². The third-order valence-electron chi connectivity index (χ3n) is 4.59. The van der Waals surface area contributed by atoms with Crippen molar-refractivity contribution in [3.8, 4) is 5.75 Å². The van der Waals surface area contributed by atoms with Gasteiger partial charge in [0, 0.05) is 24.3 Å². The highest BCUT2D eigenvalue weighted by atomic mass is 19.1. The van der Waals surface area contributed by atoms with Crippen molar-refractivity contribution >= 4 is 17.6 Å². The molecule has 1 amide bonds. The lowest BCUT2D eigenvalue weighted by Gasteiger charge is -2.17. The number of rotatable bonds is 6. The minimum atomic E-state index is -1.07. The van der Waals surface area contributed by atoms with E-state index >= 15 is 0 Å². The molecule has 1 aliphatic heterocycles. The van der Waals surface area contributed by atoms with Crippen LogP contribution >= 0.6 is 0 Å². The summed E-state index contributed by atoms with van der Waals surface area (Å²) in [5.74, 6) is -1.45. The second-order valence-corrected chi connectivity index (χ2v) is 6.71. The van der Waals surface area contributed by atoms with Gasteiger partial charge in [0.05, 0.1) is 12.1 Å². The number of aromatic carboxylic acids is 1. The fraction of sp³-hybridized carbons (Fsp3) is 0.300. The molecule has 3 N–H and O–H groups in total. The Labute approximate surface area is 161 Å². The maximum Gasteiger partial charge on any atom is 0.335 e. The number of anilines is 1. The number of hydrogen-bond donors (Lipinski definition) is 3. The van der Waals surface area contributed by atoms with E-state index in [-0.39, 0.29) is 24.6 Å². The van der Waals surface area contributed by atoms with Crippen molar-refractivity contribution in [1.82, 2.24) is 4.90 Å². The molecule has 1 heterocycles. The molecule has 1 saturated heterocycles. The SMILES string of the molecule is Cc1c(F)cccc1NC(=O)CN1C[C@@H](O)[C@H](Oc2cccc(C(=O)O)c2)C1. The number of nitrogens with zero attached hydrogens (tertiary/aromatic N) is 1. The number of carboxylic acid groups (broad SMARTS) is 1. The molecule has 2 aromatic carbocycles. The van der Waals surface area contributed by atoms with Crippen molar-refractivity contribution < 1.29 is 28.9 Å². The average molecular weight is 388 g/mol. The van der Waals surface area contributed by atoms with Crippen LogP contribution in [0.15, 0.2) is 42.5 Å². The Kier molecular flexibility index (Phi) is 5.91. The number of carbonyl (C=O) groups is 2. The van der Waals surface area contributed by atoms with E-state index in [1.807, 2.05) is 0 Å². The van der Waals surface area contributed by atoms with Crippen LogP contribution in [-0.4, -0.2) is 58.8 Å². The molecule has 0 saturated carbocycles. The van der Waals surface area contributed by atoms with Crippen LogP contribution in [0, 0.1) is 12.7 Å². The minimum absolute atomic E-state index is 0.0159. The van der Waals surface area contributed by atoms with Crippen LogP contribution in [0.3, 0.4) is 0 Å². The Morgan fingerprint density at radius 2 is 2.00 bits per heavy atom. The van der Waals surface area contributed by atoms with Crippen molar-refractivity contribution in [3.63, 3.8) is 0 Å². The molecule has 1 aliphatic rings. The zero-order valence-corrected chi connectivity index (χ0v) is 15.3. The summed E-state index contributed by atoms with van der Waals surface area (Å²) in [6, 6.07) is 10.5. The number of ether oxygens (including phenoxy) is 1. The molecule has 0 bridgehead atoms. The fourth-order valence-corrected chi connectivity index (χ4v) is 3.09. The summed E-state index contributed by atoms with van der Waals surface area (Å²) >= 11 is 0. The largest absolute Gasteiger partial charge is 0.486 e. The number of carboxylic acids is 1. The van der Waals surface area contributed by atoms with Crippen LogP contribution in [0.4, 0.5) is 10.1 Å². The zero-order chi connectivity index (χ0) is 20.3. The normalized spacial score (nSPS) is 19.4. The lowest BCUT2D eigenvalue weighted by Crippen LogP contribution is -2.33. The van der Waals surface area contributed by atoms with Gasteiger partial charge in [-0.1, -0.05) is 12.1 Å². The predicted octanol–water partition coefficient (Wildman–Crippen LogP) is 1.89. The number of carbonyl (C=O) groups excluding carboxylic acids is 1. The highest BCUT2D eigenvalue weighted by Crippen LogP contribution is 2.21. The molecule has 3 rings (SSSR count). The standard InChI is InChI=1S/C20H21FN2O5/c1-12-15(21)6-3-7-16(12)22-19(25)11-23-9-17(24)18(10-23)28-14-5-2-4-13(8-14)20(26)27/h2-8,17-18,24H,9-11H2,1H3,(H,22,25)(H,26,27)/t17-,18-/m1/s1. The first kappa shape index (κ1) is 19.8. The van der Waals surface area contributed by atoms with Crippen molar-refractivity contribution in [2.45, 2.75) is 19.1 Å². The van der Waals surface area contributed by atoms with E-state index in [1.54, 1.807) is 30.0 Å². The smallest absolute Gasteiger partial charge is 0.335 e. The van der Waals surface area contributed by atoms with E-state index in [0.717, 1.165) is 0 Å². The molecule has 2 aromatic rings. The van der Waals surface area contributed by atoms with Crippen molar-refractivity contribution in [2.75, 3.05) is 25.0 Å². The Balaban J connectivity index is 1.57. The van der Waals surface area contributed by atoms with Crippen molar-refractivity contribution in [1.29, 1.82) is 0 Å². The number of β-amino-alcohol motifs (C(OH)–C–C–N with tert-alkyl or cyclic N) is 1. The summed E-state index contributed by atoms with van der Waals surface area (Å²) in [7, 11) is 0. The predicted molar refractivity (Wildman–Crippen MR) is 100 cm³/mol. The topological polar surface area (TPSA) is 99.1 Å². The Morgan fingerprint density at radius 1 is 1.25 bits per heavy atom. The van der Waals surface area contributed by atoms with Gasteiger partial charge >= 0.3 is 5.97 Å². The van der Waals surface area contributed by atoms with E-state index in [9.17, 15) is 19.1 Å². The molecule has 0 unspecified atom stereocenters. The maximum atomic E-state index is 13.6. The van der Waals surface area contributed by atoms with Crippen molar-refractivity contribution in [2.24, 2.45) is 0 Å². The summed E-state index contributed by atoms with van der Waals surface area (Å²) in [6.07, 6.45) is -1.41. The summed E-state index contributed by atoms with van der Waals surface area (Å²) in [5.41, 5.74) is 0.853. The quantitative estimate of drug-likeness (QED) is 0.699. The summed E-state index contributed by atoms with van der Waals surface area (Å²) in [6.45, 7) is 2.13. The third kappa shape index (κ3) is 4.65. The van der Waals surface area contributed by atoms with Gasteiger partial charge in [-0.05, 0) is 37.3 Å². The lowest BCUT2D eigenvalue weighted by atomic mass is 10.2. The Morgan fingerprint density at radius 3 is 2.75 bits per heavy atom. The van der Waals surface area contributed by atoms with Gasteiger partial charge in [-0.25, -0.2) is 9.18 Å². The number of aliphatic hydroxyl groups is 1. The fourth-order valence-electron chi connectivity index (χ4n) is 3.09. The van der Waals surface area contributed by atoms with Gasteiger partial charge < -0.3 is 20.3 Å². The lowest BCUT2D eigenvalue weighted by molar-refractivity contribution is -0.117. The van der Waals surface area contributed by atoms with Gasteiger partial charge in [-0.2, -0.15) is 0 Å². The third-order valence-corrected chi connectivity index (χ3v) is 4.59. The Hall–Kier alpha value is -2.97. The first-order valence-electron chi connectivity index (χ1n) is 8.79. The van der Waals surface area contributed by atoms with E-state index in [0.29, 0.717) is 23.5 Å². The van der Waals surface area contributed by atoms with Gasteiger partial charge in [0.2, 0.25) is 5.91 Å². The number of hydrogen-bond acceptors (Lipinski definition) is 5. The molecule has 0 radical (unpaired) electrons. The summed E-state index contributed by atoms with van der Waals surface area (Å²) in [4.78, 5) is 25.0. The Bertz CT molecular complexity index is 889. The first-order chi connectivity index (χ1) is 13.3. The maximum absolute atomic E-state index is 13.6. The number of halogens is 1. The molecule has 148 valence electrons. The van der Waals surface area contributed by atoms with Crippen LogP contribution in [0.2, 0.25) is 0 Å². The summed E-state index contributed by atoms with van der Waals surface area (Å²) in [5, 5.41) is 21.9. The number of aliphatic hydroxyl groups excluding tert-OH is 1. The molecule has 8 heteroatoms. The van der Waals surface area contributed by atoms with Gasteiger partial charge in [0.15, 0.2) is 0 Å². The molecule has 28 heavy (non-hydrogen) atoms. The molecular formula is C20H21FN2O5. The van der Waals surface area contributed by atoms with Gasteiger partial charge in [0.25, 0.3) is 0 Å². The highest BCUT2D eigenvalue weighted by Gasteiger charge is 2.34. The number of benzene rings is 2. The minimum Gasteiger partial charge on any atom is -0.486 e. The van der Waals surface area contributed by atoms with Gasteiger partial charge in [-0.15, -0.1) is 0 Å². The second kappa shape index (κ2) is 8.37. The second-order valence-electron chi connectivity index (χ2n) is 6.71. The molecule has 0 aliphatic carbocycles. The number of amides is 1. The number of nitrogens with one attached hydrogen (secondary N) is 1. The first-order valence-corrected chi connectivity index (χ1v) is 8.79. The van der Waals surface area contributed by atoms with Crippen LogP contribution in [0.1, 0.15) is 15.9 Å². The van der Waals surface area contributed by atoms with E-state index in [4.69, 9.17) is 9.84 Å². The molecule has 1 fully saturated rings. The number of likely N-dealkylation sites (tertiary alicyclic amines) is 1. The molecule has 0 spiro atoms. The van der Waals surface area contributed by atoms with Gasteiger partial charge in [-0.3, -0.25) is 9.69 Å². The van der Waals surface area contributed by atoms with E-state index in [1.165, 1.54) is 24.3 Å².